The lowest BCUT2D eigenvalue weighted by atomic mass is 10.4. The molecule has 1 aromatic heterocycles. The zero-order valence-electron chi connectivity index (χ0n) is 6.37. The second-order valence-corrected chi connectivity index (χ2v) is 5.41. The fourth-order valence-electron chi connectivity index (χ4n) is 0.665. The van der Waals surface area contributed by atoms with Crippen LogP contribution in [-0.4, -0.2) is 15.5 Å². The van der Waals surface area contributed by atoms with E-state index < -0.39 is 10.0 Å². The summed E-state index contributed by atoms with van der Waals surface area (Å²) in [6.45, 7) is 0. The van der Waals surface area contributed by atoms with Gasteiger partial charge in [0.05, 0.1) is 0 Å². The largest absolute Gasteiger partial charge is 0.249 e. The van der Waals surface area contributed by atoms with Crippen molar-refractivity contribution in [2.24, 2.45) is 0 Å². The van der Waals surface area contributed by atoms with Crippen LogP contribution in [-0.2, 0) is 15.9 Å². The van der Waals surface area contributed by atoms with E-state index >= 15 is 0 Å². The van der Waals surface area contributed by atoms with Crippen LogP contribution in [0.5, 0.6) is 0 Å². The van der Waals surface area contributed by atoms with Gasteiger partial charge in [0.1, 0.15) is 4.21 Å². The number of hydrogen-bond donors (Lipinski definition) is 1. The van der Waals surface area contributed by atoms with Gasteiger partial charge in [0, 0.05) is 5.88 Å². The Labute approximate surface area is 80.4 Å². The van der Waals surface area contributed by atoms with Gasteiger partial charge < -0.3 is 0 Å². The third kappa shape index (κ3) is 1.98. The molecule has 0 radical (unpaired) electrons. The summed E-state index contributed by atoms with van der Waals surface area (Å²) in [7, 11) is -1.89. The van der Waals surface area contributed by atoms with Gasteiger partial charge in [0.15, 0.2) is 0 Å². The molecular formula is C6H8ClNO2S2. The summed E-state index contributed by atoms with van der Waals surface area (Å²) in [5.41, 5.74) is 0.829. The number of sulfonamides is 1. The van der Waals surface area contributed by atoms with Crippen LogP contribution in [0.2, 0.25) is 0 Å². The average molecular weight is 226 g/mol. The van der Waals surface area contributed by atoms with Crippen molar-refractivity contribution in [2.75, 3.05) is 7.05 Å². The van der Waals surface area contributed by atoms with Gasteiger partial charge in [-0.3, -0.25) is 0 Å². The summed E-state index contributed by atoms with van der Waals surface area (Å²) in [5.74, 6) is 0.343. The van der Waals surface area contributed by atoms with Gasteiger partial charge >= 0.3 is 0 Å². The molecule has 0 aliphatic rings. The fourth-order valence-corrected chi connectivity index (χ4v) is 2.96. The maximum absolute atomic E-state index is 11.2. The highest BCUT2D eigenvalue weighted by Crippen LogP contribution is 2.20. The summed E-state index contributed by atoms with van der Waals surface area (Å²) in [6, 6.07) is 1.57. The van der Waals surface area contributed by atoms with E-state index in [1.54, 1.807) is 11.4 Å². The highest BCUT2D eigenvalue weighted by molar-refractivity contribution is 7.91. The van der Waals surface area contributed by atoms with Crippen LogP contribution in [0.4, 0.5) is 0 Å². The minimum Gasteiger partial charge on any atom is -0.214 e. The van der Waals surface area contributed by atoms with Crippen molar-refractivity contribution in [3.05, 3.63) is 17.0 Å². The van der Waals surface area contributed by atoms with Gasteiger partial charge in [-0.2, -0.15) is 0 Å². The molecule has 0 fully saturated rings. The minimum atomic E-state index is -3.28. The molecule has 1 rings (SSSR count). The van der Waals surface area contributed by atoms with Crippen LogP contribution in [0.15, 0.2) is 15.7 Å². The molecule has 1 heterocycles. The maximum Gasteiger partial charge on any atom is 0.249 e. The second kappa shape index (κ2) is 3.74. The molecule has 1 aromatic rings. The number of hydrogen-bond acceptors (Lipinski definition) is 3. The number of rotatable bonds is 3. The van der Waals surface area contributed by atoms with E-state index in [0.29, 0.717) is 10.1 Å². The minimum absolute atomic E-state index is 0.306. The smallest absolute Gasteiger partial charge is 0.214 e. The van der Waals surface area contributed by atoms with Crippen LogP contribution in [0, 0.1) is 0 Å². The Balaban J connectivity index is 3.05. The van der Waals surface area contributed by atoms with E-state index in [0.717, 1.165) is 5.56 Å². The Morgan fingerprint density at radius 2 is 2.33 bits per heavy atom. The Hall–Kier alpha value is -0.100. The van der Waals surface area contributed by atoms with Crippen LogP contribution >= 0.6 is 22.9 Å². The lowest BCUT2D eigenvalue weighted by Gasteiger charge is -1.95. The Bertz CT molecular complexity index is 357. The Morgan fingerprint density at radius 3 is 2.75 bits per heavy atom. The molecule has 0 amide bonds. The molecule has 1 N–H and O–H groups in total. The number of halogens is 1. The van der Waals surface area contributed by atoms with E-state index in [2.05, 4.69) is 4.72 Å². The lowest BCUT2D eigenvalue weighted by molar-refractivity contribution is 0.590. The standard InChI is InChI=1S/C6H8ClNO2S2/c1-8-12(9,10)6-2-5(3-7)4-11-6/h2,4,8H,3H2,1H3. The van der Waals surface area contributed by atoms with E-state index in [9.17, 15) is 8.42 Å². The zero-order valence-corrected chi connectivity index (χ0v) is 8.76. The first-order valence-electron chi connectivity index (χ1n) is 3.17. The van der Waals surface area contributed by atoms with Crippen molar-refractivity contribution >= 4 is 33.0 Å². The van der Waals surface area contributed by atoms with Gasteiger partial charge in [-0.1, -0.05) is 0 Å². The van der Waals surface area contributed by atoms with Crippen molar-refractivity contribution in [1.82, 2.24) is 4.72 Å². The summed E-state index contributed by atoms with van der Waals surface area (Å²) < 4.78 is 24.9. The molecule has 0 aliphatic carbocycles. The quantitative estimate of drug-likeness (QED) is 0.791. The fraction of sp³-hybridized carbons (Fsp3) is 0.333. The van der Waals surface area contributed by atoms with E-state index in [1.165, 1.54) is 18.4 Å². The third-order valence-electron chi connectivity index (χ3n) is 1.32. The molecule has 0 bridgehead atoms. The molecule has 0 unspecified atom stereocenters. The Morgan fingerprint density at radius 1 is 1.67 bits per heavy atom. The highest BCUT2D eigenvalue weighted by atomic mass is 35.5. The normalized spacial score (nSPS) is 11.8. The van der Waals surface area contributed by atoms with Crippen molar-refractivity contribution in [3.63, 3.8) is 0 Å². The molecule has 0 spiro atoms. The van der Waals surface area contributed by atoms with Gasteiger partial charge in [0.2, 0.25) is 10.0 Å². The van der Waals surface area contributed by atoms with Crippen LogP contribution in [0.3, 0.4) is 0 Å². The van der Waals surface area contributed by atoms with Crippen molar-refractivity contribution < 1.29 is 8.42 Å². The molecule has 0 aliphatic heterocycles. The Kier molecular flexibility index (Phi) is 3.11. The molecule has 0 aromatic carbocycles. The molecule has 0 atom stereocenters. The van der Waals surface area contributed by atoms with E-state index in [4.69, 9.17) is 11.6 Å². The molecule has 6 heteroatoms. The van der Waals surface area contributed by atoms with Crippen LogP contribution in [0.25, 0.3) is 0 Å². The SMILES string of the molecule is CNS(=O)(=O)c1cc(CCl)cs1. The lowest BCUT2D eigenvalue weighted by Crippen LogP contribution is -2.17. The molecule has 3 nitrogen and oxygen atoms in total. The van der Waals surface area contributed by atoms with Gasteiger partial charge in [-0.05, 0) is 24.1 Å². The van der Waals surface area contributed by atoms with Gasteiger partial charge in [0.25, 0.3) is 0 Å². The summed E-state index contributed by atoms with van der Waals surface area (Å²) in [5, 5.41) is 1.73. The van der Waals surface area contributed by atoms with Gasteiger partial charge in [-0.15, -0.1) is 22.9 Å². The molecular weight excluding hydrogens is 218 g/mol. The molecule has 0 saturated heterocycles. The summed E-state index contributed by atoms with van der Waals surface area (Å²) >= 11 is 6.70. The number of nitrogens with one attached hydrogen (secondary N) is 1. The zero-order chi connectivity index (χ0) is 9.19. The van der Waals surface area contributed by atoms with Gasteiger partial charge in [-0.25, -0.2) is 13.1 Å². The number of thiophene rings is 1. The molecule has 0 saturated carbocycles. The van der Waals surface area contributed by atoms with Crippen LogP contribution in [0.1, 0.15) is 5.56 Å². The molecule has 12 heavy (non-hydrogen) atoms. The third-order valence-corrected chi connectivity index (χ3v) is 4.53. The topological polar surface area (TPSA) is 46.2 Å². The highest BCUT2D eigenvalue weighted by Gasteiger charge is 2.13. The van der Waals surface area contributed by atoms with Crippen molar-refractivity contribution in [2.45, 2.75) is 10.1 Å². The van der Waals surface area contributed by atoms with E-state index in [-0.39, 0.29) is 0 Å². The summed E-state index contributed by atoms with van der Waals surface area (Å²) in [6.07, 6.45) is 0. The van der Waals surface area contributed by atoms with E-state index in [1.807, 2.05) is 0 Å². The first-order valence-corrected chi connectivity index (χ1v) is 6.07. The number of alkyl halides is 1. The monoisotopic (exact) mass is 225 g/mol. The first kappa shape index (κ1) is 9.98. The predicted molar refractivity (Wildman–Crippen MR) is 50.1 cm³/mol. The van der Waals surface area contributed by atoms with Crippen LogP contribution < -0.4 is 4.72 Å². The second-order valence-electron chi connectivity index (χ2n) is 2.12. The first-order chi connectivity index (χ1) is 5.60. The average Bonchev–Trinajstić information content (AvgIpc) is 2.52. The van der Waals surface area contributed by atoms with Crippen molar-refractivity contribution in [1.29, 1.82) is 0 Å². The van der Waals surface area contributed by atoms with Crippen molar-refractivity contribution in [3.8, 4) is 0 Å². The predicted octanol–water partition coefficient (Wildman–Crippen LogP) is 1.40. The maximum atomic E-state index is 11.2. The molecule has 68 valence electrons. The summed E-state index contributed by atoms with van der Waals surface area (Å²) in [4.78, 5) is 0.